The predicted molar refractivity (Wildman–Crippen MR) is 59.1 cm³/mol. The van der Waals surface area contributed by atoms with E-state index in [4.69, 9.17) is 11.6 Å². The number of halogens is 1. The minimum atomic E-state index is -1.10. The van der Waals surface area contributed by atoms with Gasteiger partial charge in [-0.25, -0.2) is 0 Å². The molecular weight excluding hydrogens is 196 g/mol. The Labute approximate surface area is 89.7 Å². The Morgan fingerprint density at radius 1 is 1.36 bits per heavy atom. The quantitative estimate of drug-likeness (QED) is 0.598. The van der Waals surface area contributed by atoms with Crippen LogP contribution < -0.4 is 0 Å². The van der Waals surface area contributed by atoms with E-state index in [1.807, 2.05) is 30.3 Å². The molecule has 0 saturated carbocycles. The maximum absolute atomic E-state index is 10.2. The van der Waals surface area contributed by atoms with Gasteiger partial charge >= 0.3 is 0 Å². The summed E-state index contributed by atoms with van der Waals surface area (Å²) in [6.07, 6.45) is 0.444. The van der Waals surface area contributed by atoms with E-state index < -0.39 is 5.60 Å². The highest BCUT2D eigenvalue weighted by Gasteiger charge is 2.25. The van der Waals surface area contributed by atoms with E-state index in [1.165, 1.54) is 0 Å². The average molecular weight is 209 g/mol. The summed E-state index contributed by atoms with van der Waals surface area (Å²) in [6.45, 7) is 1.71. The van der Waals surface area contributed by atoms with Crippen molar-refractivity contribution in [2.75, 3.05) is 5.88 Å². The van der Waals surface area contributed by atoms with Gasteiger partial charge in [-0.3, -0.25) is 0 Å². The fraction of sp³-hybridized carbons (Fsp3) is 0.333. The number of aliphatic hydroxyl groups is 1. The van der Waals surface area contributed by atoms with Gasteiger partial charge in [0.15, 0.2) is 5.60 Å². The fourth-order valence-electron chi connectivity index (χ4n) is 1.34. The number of benzene rings is 1. The first-order valence-electron chi connectivity index (χ1n) is 4.51. The summed E-state index contributed by atoms with van der Waals surface area (Å²) in [6, 6.07) is 9.38. The molecule has 1 aromatic rings. The molecule has 0 amide bonds. The molecule has 1 rings (SSSR count). The number of rotatable bonds is 3. The molecule has 0 saturated heterocycles. The van der Waals surface area contributed by atoms with Gasteiger partial charge < -0.3 is 5.11 Å². The van der Waals surface area contributed by atoms with Crippen LogP contribution in [-0.4, -0.2) is 11.0 Å². The van der Waals surface area contributed by atoms with Crippen molar-refractivity contribution in [1.82, 2.24) is 0 Å². The van der Waals surface area contributed by atoms with Crippen LogP contribution in [0.25, 0.3) is 0 Å². The van der Waals surface area contributed by atoms with E-state index >= 15 is 0 Å². The van der Waals surface area contributed by atoms with Crippen molar-refractivity contribution in [1.29, 1.82) is 0 Å². The predicted octanol–water partition coefficient (Wildman–Crippen LogP) is 2.53. The molecule has 0 aliphatic rings. The Bertz CT molecular complexity index is 336. The molecular formula is C12H13ClO. The zero-order valence-corrected chi connectivity index (χ0v) is 8.88. The van der Waals surface area contributed by atoms with Crippen LogP contribution in [0.5, 0.6) is 0 Å². The SMILES string of the molecule is CC#CC(O)(CCCl)c1ccccc1. The van der Waals surface area contributed by atoms with Crippen LogP contribution in [0.2, 0.25) is 0 Å². The Kier molecular flexibility index (Phi) is 4.00. The lowest BCUT2D eigenvalue weighted by molar-refractivity contribution is 0.0969. The summed E-state index contributed by atoms with van der Waals surface area (Å²) in [5.41, 5.74) is -0.299. The van der Waals surface area contributed by atoms with Gasteiger partial charge in [0.1, 0.15) is 0 Å². The van der Waals surface area contributed by atoms with Crippen LogP contribution in [0.3, 0.4) is 0 Å². The first kappa shape index (κ1) is 11.1. The average Bonchev–Trinajstić information content (AvgIpc) is 2.20. The smallest absolute Gasteiger partial charge is 0.152 e. The lowest BCUT2D eigenvalue weighted by Crippen LogP contribution is -2.24. The zero-order valence-electron chi connectivity index (χ0n) is 8.13. The minimum absolute atomic E-state index is 0.389. The van der Waals surface area contributed by atoms with Gasteiger partial charge in [0, 0.05) is 12.3 Å². The van der Waals surface area contributed by atoms with Gasteiger partial charge in [0.25, 0.3) is 0 Å². The first-order valence-corrected chi connectivity index (χ1v) is 5.04. The third-order valence-corrected chi connectivity index (χ3v) is 2.23. The highest BCUT2D eigenvalue weighted by atomic mass is 35.5. The maximum Gasteiger partial charge on any atom is 0.152 e. The molecule has 1 aromatic carbocycles. The highest BCUT2D eigenvalue weighted by Crippen LogP contribution is 2.24. The summed E-state index contributed by atoms with van der Waals surface area (Å²) < 4.78 is 0. The highest BCUT2D eigenvalue weighted by molar-refractivity contribution is 6.17. The van der Waals surface area contributed by atoms with Crippen molar-refractivity contribution >= 4 is 11.6 Å². The fourth-order valence-corrected chi connectivity index (χ4v) is 1.61. The molecule has 1 nitrogen and oxygen atoms in total. The van der Waals surface area contributed by atoms with E-state index in [-0.39, 0.29) is 0 Å². The van der Waals surface area contributed by atoms with Gasteiger partial charge in [-0.2, -0.15) is 0 Å². The molecule has 0 aromatic heterocycles. The molecule has 0 fully saturated rings. The molecule has 74 valence electrons. The monoisotopic (exact) mass is 208 g/mol. The van der Waals surface area contributed by atoms with Crippen molar-refractivity contribution in [3.63, 3.8) is 0 Å². The molecule has 0 bridgehead atoms. The number of alkyl halides is 1. The summed E-state index contributed by atoms with van der Waals surface area (Å²) in [5.74, 6) is 5.92. The molecule has 1 unspecified atom stereocenters. The third-order valence-electron chi connectivity index (χ3n) is 2.04. The molecule has 0 aliphatic heterocycles. The van der Waals surface area contributed by atoms with Crippen LogP contribution >= 0.6 is 11.6 Å². The van der Waals surface area contributed by atoms with Gasteiger partial charge in [-0.1, -0.05) is 36.3 Å². The summed E-state index contributed by atoms with van der Waals surface area (Å²) in [4.78, 5) is 0. The summed E-state index contributed by atoms with van der Waals surface area (Å²) in [7, 11) is 0. The van der Waals surface area contributed by atoms with Crippen molar-refractivity contribution in [2.24, 2.45) is 0 Å². The van der Waals surface area contributed by atoms with Crippen LogP contribution in [0.15, 0.2) is 30.3 Å². The van der Waals surface area contributed by atoms with Gasteiger partial charge in [-0.05, 0) is 12.5 Å². The largest absolute Gasteiger partial charge is 0.373 e. The van der Waals surface area contributed by atoms with Crippen LogP contribution in [0.1, 0.15) is 18.9 Å². The van der Waals surface area contributed by atoms with Crippen molar-refractivity contribution in [3.05, 3.63) is 35.9 Å². The second-order valence-electron chi connectivity index (χ2n) is 3.04. The van der Waals surface area contributed by atoms with Crippen LogP contribution in [0, 0.1) is 11.8 Å². The second-order valence-corrected chi connectivity index (χ2v) is 3.42. The number of hydrogen-bond donors (Lipinski definition) is 1. The third kappa shape index (κ3) is 2.51. The maximum atomic E-state index is 10.2. The van der Waals surface area contributed by atoms with E-state index in [2.05, 4.69) is 11.8 Å². The van der Waals surface area contributed by atoms with E-state index in [0.717, 1.165) is 5.56 Å². The Morgan fingerprint density at radius 2 is 2.00 bits per heavy atom. The van der Waals surface area contributed by atoms with Crippen molar-refractivity contribution < 1.29 is 5.11 Å². The normalized spacial score (nSPS) is 13.9. The van der Waals surface area contributed by atoms with Crippen molar-refractivity contribution in [3.8, 4) is 11.8 Å². The minimum Gasteiger partial charge on any atom is -0.373 e. The topological polar surface area (TPSA) is 20.2 Å². The molecule has 2 heteroatoms. The molecule has 1 N–H and O–H groups in total. The van der Waals surface area contributed by atoms with Gasteiger partial charge in [0.05, 0.1) is 0 Å². The molecule has 0 radical (unpaired) electrons. The van der Waals surface area contributed by atoms with Crippen LogP contribution in [0.4, 0.5) is 0 Å². The zero-order chi connectivity index (χ0) is 10.4. The van der Waals surface area contributed by atoms with E-state index in [1.54, 1.807) is 6.92 Å². The Hall–Kier alpha value is -0.970. The second kappa shape index (κ2) is 5.05. The van der Waals surface area contributed by atoms with Crippen molar-refractivity contribution in [2.45, 2.75) is 18.9 Å². The van der Waals surface area contributed by atoms with Gasteiger partial charge in [0.2, 0.25) is 0 Å². The standard InChI is InChI=1S/C12H13ClO/c1-2-8-12(14,9-10-13)11-6-4-3-5-7-11/h3-7,14H,9-10H2,1H3. The van der Waals surface area contributed by atoms with Gasteiger partial charge in [-0.15, -0.1) is 17.5 Å². The Morgan fingerprint density at radius 3 is 2.50 bits per heavy atom. The Balaban J connectivity index is 3.03. The van der Waals surface area contributed by atoms with E-state index in [9.17, 15) is 5.11 Å². The van der Waals surface area contributed by atoms with Crippen LogP contribution in [-0.2, 0) is 5.60 Å². The lowest BCUT2D eigenvalue weighted by atomic mass is 9.92. The molecule has 14 heavy (non-hydrogen) atoms. The molecule has 0 spiro atoms. The first-order chi connectivity index (χ1) is 6.73. The number of hydrogen-bond acceptors (Lipinski definition) is 1. The molecule has 1 atom stereocenters. The molecule has 0 aliphatic carbocycles. The van der Waals surface area contributed by atoms with E-state index in [0.29, 0.717) is 12.3 Å². The lowest BCUT2D eigenvalue weighted by Gasteiger charge is -2.21. The summed E-state index contributed by atoms with van der Waals surface area (Å²) in [5, 5.41) is 10.2. The molecule has 0 heterocycles. The summed E-state index contributed by atoms with van der Waals surface area (Å²) >= 11 is 5.64.